The highest BCUT2D eigenvalue weighted by Gasteiger charge is 2.16. The summed E-state index contributed by atoms with van der Waals surface area (Å²) in [6.45, 7) is 2.30. The van der Waals surface area contributed by atoms with Crippen LogP contribution >= 0.6 is 22.7 Å². The molecule has 15 heavy (non-hydrogen) atoms. The smallest absolute Gasteiger partial charge is 0.185 e. The van der Waals surface area contributed by atoms with E-state index < -0.39 is 0 Å². The van der Waals surface area contributed by atoms with E-state index >= 15 is 0 Å². The van der Waals surface area contributed by atoms with Crippen LogP contribution in [0.5, 0.6) is 0 Å². The fourth-order valence-corrected chi connectivity index (χ4v) is 3.10. The van der Waals surface area contributed by atoms with Gasteiger partial charge in [-0.05, 0) is 12.8 Å². The van der Waals surface area contributed by atoms with Crippen LogP contribution < -0.4 is 4.90 Å². The number of rotatable bonds is 2. The first kappa shape index (κ1) is 9.30. The highest BCUT2D eigenvalue weighted by Crippen LogP contribution is 2.28. The van der Waals surface area contributed by atoms with Crippen molar-refractivity contribution in [3.8, 4) is 11.4 Å². The highest BCUT2D eigenvalue weighted by molar-refractivity contribution is 7.14. The first-order valence-electron chi connectivity index (χ1n) is 4.96. The first-order valence-corrected chi connectivity index (χ1v) is 6.72. The Labute approximate surface area is 96.4 Å². The van der Waals surface area contributed by atoms with E-state index in [2.05, 4.69) is 25.8 Å². The van der Waals surface area contributed by atoms with Gasteiger partial charge in [0.1, 0.15) is 11.4 Å². The number of nitrogens with zero attached hydrogens (tertiary/aromatic N) is 3. The number of thiazole rings is 2. The van der Waals surface area contributed by atoms with Gasteiger partial charge in [-0.2, -0.15) is 0 Å². The molecular weight excluding hydrogens is 226 g/mol. The Morgan fingerprint density at radius 2 is 2.07 bits per heavy atom. The van der Waals surface area contributed by atoms with Gasteiger partial charge in [0.15, 0.2) is 10.6 Å². The van der Waals surface area contributed by atoms with Crippen LogP contribution in [-0.4, -0.2) is 23.1 Å². The van der Waals surface area contributed by atoms with E-state index in [1.807, 2.05) is 5.38 Å². The predicted molar refractivity (Wildman–Crippen MR) is 63.5 cm³/mol. The zero-order chi connectivity index (χ0) is 10.1. The van der Waals surface area contributed by atoms with Crippen molar-refractivity contribution in [2.75, 3.05) is 18.0 Å². The fourth-order valence-electron chi connectivity index (χ4n) is 1.74. The molecule has 77 valence electrons. The summed E-state index contributed by atoms with van der Waals surface area (Å²) < 4.78 is 0. The number of hydrogen-bond donors (Lipinski definition) is 0. The minimum absolute atomic E-state index is 0.946. The predicted octanol–water partition coefficient (Wildman–Crippen LogP) is 2.67. The molecule has 0 aromatic carbocycles. The van der Waals surface area contributed by atoms with Crippen LogP contribution in [0.3, 0.4) is 0 Å². The van der Waals surface area contributed by atoms with Crippen molar-refractivity contribution in [1.82, 2.24) is 9.97 Å². The minimum Gasteiger partial charge on any atom is -0.348 e. The summed E-state index contributed by atoms with van der Waals surface area (Å²) in [4.78, 5) is 11.1. The molecule has 1 saturated heterocycles. The van der Waals surface area contributed by atoms with Gasteiger partial charge in [0.05, 0.1) is 0 Å². The maximum absolute atomic E-state index is 4.60. The van der Waals surface area contributed by atoms with Crippen LogP contribution in [0.4, 0.5) is 5.13 Å². The average Bonchev–Trinajstić information content (AvgIpc) is 3.02. The molecular formula is C10H10N3S2. The van der Waals surface area contributed by atoms with Gasteiger partial charge in [-0.25, -0.2) is 9.97 Å². The lowest BCUT2D eigenvalue weighted by Gasteiger charge is -2.11. The van der Waals surface area contributed by atoms with Crippen molar-refractivity contribution in [1.29, 1.82) is 0 Å². The van der Waals surface area contributed by atoms with Crippen molar-refractivity contribution in [2.24, 2.45) is 0 Å². The van der Waals surface area contributed by atoms with Gasteiger partial charge in [0.25, 0.3) is 0 Å². The molecule has 3 heterocycles. The molecule has 0 N–H and O–H groups in total. The topological polar surface area (TPSA) is 29.0 Å². The molecule has 1 radical (unpaired) electrons. The quantitative estimate of drug-likeness (QED) is 0.802. The average molecular weight is 236 g/mol. The summed E-state index contributed by atoms with van der Waals surface area (Å²) in [5, 5.41) is 5.20. The molecule has 0 atom stereocenters. The molecule has 3 nitrogen and oxygen atoms in total. The van der Waals surface area contributed by atoms with Crippen molar-refractivity contribution in [3.05, 3.63) is 16.3 Å². The molecule has 0 amide bonds. The Kier molecular flexibility index (Phi) is 2.42. The molecule has 3 rings (SSSR count). The molecule has 0 unspecified atom stereocenters. The minimum atomic E-state index is 0.946. The Hall–Kier alpha value is -0.940. The Morgan fingerprint density at radius 1 is 1.20 bits per heavy atom. The second kappa shape index (κ2) is 3.90. The lowest BCUT2D eigenvalue weighted by molar-refractivity contribution is 0.949. The van der Waals surface area contributed by atoms with Crippen molar-refractivity contribution >= 4 is 27.8 Å². The van der Waals surface area contributed by atoms with Crippen LogP contribution in [0.25, 0.3) is 11.4 Å². The zero-order valence-corrected chi connectivity index (χ0v) is 9.77. The fraction of sp³-hybridized carbons (Fsp3) is 0.400. The summed E-state index contributed by atoms with van der Waals surface area (Å²) >= 11 is 3.20. The van der Waals surface area contributed by atoms with E-state index in [0.29, 0.717) is 0 Å². The molecule has 1 fully saturated rings. The zero-order valence-electron chi connectivity index (χ0n) is 8.14. The van der Waals surface area contributed by atoms with E-state index in [1.54, 1.807) is 11.3 Å². The second-order valence-corrected chi connectivity index (χ2v) is 5.02. The molecule has 2 aromatic rings. The third-order valence-electron chi connectivity index (χ3n) is 2.52. The molecule has 0 bridgehead atoms. The summed E-state index contributed by atoms with van der Waals surface area (Å²) in [5.41, 5.74) is 4.78. The monoisotopic (exact) mass is 236 g/mol. The van der Waals surface area contributed by atoms with Crippen molar-refractivity contribution < 1.29 is 0 Å². The second-order valence-electron chi connectivity index (χ2n) is 3.53. The maximum Gasteiger partial charge on any atom is 0.185 e. The van der Waals surface area contributed by atoms with Crippen molar-refractivity contribution in [3.63, 3.8) is 0 Å². The van der Waals surface area contributed by atoms with Gasteiger partial charge in [0, 0.05) is 23.8 Å². The van der Waals surface area contributed by atoms with Crippen LogP contribution in [-0.2, 0) is 0 Å². The van der Waals surface area contributed by atoms with Crippen LogP contribution in [0.2, 0.25) is 0 Å². The Balaban J connectivity index is 1.87. The molecule has 5 heteroatoms. The van der Waals surface area contributed by atoms with Gasteiger partial charge in [-0.15, -0.1) is 22.7 Å². The summed E-state index contributed by atoms with van der Waals surface area (Å²) in [7, 11) is 0. The molecule has 2 aromatic heterocycles. The molecule has 0 aliphatic carbocycles. The summed E-state index contributed by atoms with van der Waals surface area (Å²) in [6, 6.07) is 0. The largest absolute Gasteiger partial charge is 0.348 e. The standard InChI is InChI=1S/C10H10N3S2/c1-2-4-13(3-1)10-12-9(6-15-10)8-5-14-7-11-8/h5-6H,1-4H2. The van der Waals surface area contributed by atoms with Crippen LogP contribution in [0, 0.1) is 5.51 Å². The number of anilines is 1. The van der Waals surface area contributed by atoms with Gasteiger partial charge in [0.2, 0.25) is 0 Å². The van der Waals surface area contributed by atoms with Gasteiger partial charge < -0.3 is 4.90 Å². The van der Waals surface area contributed by atoms with Gasteiger partial charge >= 0.3 is 0 Å². The van der Waals surface area contributed by atoms with Gasteiger partial charge in [-0.1, -0.05) is 0 Å². The molecule has 1 aliphatic heterocycles. The Bertz CT molecular complexity index is 429. The Morgan fingerprint density at radius 3 is 2.80 bits per heavy atom. The van der Waals surface area contributed by atoms with E-state index in [1.165, 1.54) is 24.2 Å². The molecule has 0 spiro atoms. The summed E-state index contributed by atoms with van der Waals surface area (Å²) in [6.07, 6.45) is 2.58. The van der Waals surface area contributed by atoms with Crippen LogP contribution in [0.15, 0.2) is 10.8 Å². The first-order chi connectivity index (χ1) is 7.43. The SMILES string of the molecule is [c]1nc(-c2csc(N3CCCC3)n2)cs1. The van der Waals surface area contributed by atoms with Crippen molar-refractivity contribution in [2.45, 2.75) is 12.8 Å². The molecule has 0 saturated carbocycles. The van der Waals surface area contributed by atoms with E-state index in [9.17, 15) is 0 Å². The lowest BCUT2D eigenvalue weighted by Crippen LogP contribution is -2.17. The van der Waals surface area contributed by atoms with Gasteiger partial charge in [-0.3, -0.25) is 0 Å². The summed E-state index contributed by atoms with van der Waals surface area (Å²) in [5.74, 6) is 0. The number of hydrogen-bond acceptors (Lipinski definition) is 5. The third kappa shape index (κ3) is 1.77. The maximum atomic E-state index is 4.60. The lowest BCUT2D eigenvalue weighted by atomic mass is 10.4. The number of aromatic nitrogens is 2. The van der Waals surface area contributed by atoms with E-state index in [0.717, 1.165) is 29.6 Å². The van der Waals surface area contributed by atoms with E-state index in [4.69, 9.17) is 0 Å². The molecule has 1 aliphatic rings. The van der Waals surface area contributed by atoms with Crippen LogP contribution in [0.1, 0.15) is 12.8 Å². The van der Waals surface area contributed by atoms with E-state index in [-0.39, 0.29) is 0 Å². The normalized spacial score (nSPS) is 16.1. The highest BCUT2D eigenvalue weighted by atomic mass is 32.1. The third-order valence-corrected chi connectivity index (χ3v) is 3.96.